The number of carbonyl (C=O) groups excluding carboxylic acids is 1. The standard InChI is InChI=1S/C21H22N4O/c22-21-23-17-9-7-14(12-18(17)24-21)20(26)25-11-3-6-16-15-5-2-1-4-13(15)8-10-19(16)25/h1-2,4-5,7,9,12,16,19H,3,6,8,10-11H2,(H3,22,23,24). The van der Waals surface area contributed by atoms with Crippen LogP contribution in [-0.4, -0.2) is 33.4 Å². The highest BCUT2D eigenvalue weighted by Gasteiger charge is 2.38. The second-order valence-electron chi connectivity index (χ2n) is 7.41. The SMILES string of the molecule is Nc1nc2ccc(C(=O)N3CCCC4c5ccccc5CCC43)cc2[nH]1. The van der Waals surface area contributed by atoms with E-state index in [1.54, 1.807) is 0 Å². The van der Waals surface area contributed by atoms with Gasteiger partial charge in [-0.3, -0.25) is 4.79 Å². The van der Waals surface area contributed by atoms with E-state index in [0.717, 1.165) is 36.8 Å². The molecule has 5 nitrogen and oxygen atoms in total. The number of rotatable bonds is 1. The number of nitrogens with zero attached hydrogens (tertiary/aromatic N) is 2. The van der Waals surface area contributed by atoms with Gasteiger partial charge < -0.3 is 15.6 Å². The molecule has 2 aliphatic rings. The summed E-state index contributed by atoms with van der Waals surface area (Å²) in [7, 11) is 0. The summed E-state index contributed by atoms with van der Waals surface area (Å²) in [5.41, 5.74) is 10.9. The fraction of sp³-hybridized carbons (Fsp3) is 0.333. The molecular weight excluding hydrogens is 324 g/mol. The third-order valence-corrected chi connectivity index (χ3v) is 5.95. The molecule has 2 heterocycles. The monoisotopic (exact) mass is 346 g/mol. The zero-order chi connectivity index (χ0) is 17.7. The van der Waals surface area contributed by atoms with Gasteiger partial charge in [-0.05, 0) is 55.0 Å². The van der Waals surface area contributed by atoms with Crippen molar-refractivity contribution in [1.82, 2.24) is 14.9 Å². The number of piperidine rings is 1. The molecule has 1 saturated heterocycles. The summed E-state index contributed by atoms with van der Waals surface area (Å²) in [6, 6.07) is 14.6. The van der Waals surface area contributed by atoms with Crippen LogP contribution in [0.1, 0.15) is 46.7 Å². The van der Waals surface area contributed by atoms with E-state index in [2.05, 4.69) is 39.1 Å². The minimum absolute atomic E-state index is 0.120. The summed E-state index contributed by atoms with van der Waals surface area (Å²) in [5.74, 6) is 0.963. The van der Waals surface area contributed by atoms with Crippen LogP contribution in [-0.2, 0) is 6.42 Å². The fourth-order valence-corrected chi connectivity index (χ4v) is 4.78. The molecule has 5 rings (SSSR count). The number of amides is 1. The Bertz CT molecular complexity index is 993. The van der Waals surface area contributed by atoms with E-state index in [4.69, 9.17) is 5.73 Å². The second kappa shape index (κ2) is 5.87. The Balaban J connectivity index is 1.48. The first-order chi connectivity index (χ1) is 12.7. The number of carbonyl (C=O) groups is 1. The van der Waals surface area contributed by atoms with Gasteiger partial charge in [-0.25, -0.2) is 4.98 Å². The lowest BCUT2D eigenvalue weighted by atomic mass is 9.74. The molecule has 26 heavy (non-hydrogen) atoms. The normalized spacial score (nSPS) is 22.1. The van der Waals surface area contributed by atoms with Crippen LogP contribution in [0.5, 0.6) is 0 Å². The molecule has 2 aromatic carbocycles. The van der Waals surface area contributed by atoms with E-state index >= 15 is 0 Å². The summed E-state index contributed by atoms with van der Waals surface area (Å²) >= 11 is 0. The van der Waals surface area contributed by atoms with Crippen molar-refractivity contribution in [2.75, 3.05) is 12.3 Å². The van der Waals surface area contributed by atoms with Gasteiger partial charge in [0.05, 0.1) is 11.0 Å². The molecule has 1 fully saturated rings. The van der Waals surface area contributed by atoms with Gasteiger partial charge in [0.2, 0.25) is 0 Å². The van der Waals surface area contributed by atoms with E-state index < -0.39 is 0 Å². The first kappa shape index (κ1) is 15.4. The molecule has 0 bridgehead atoms. The second-order valence-corrected chi connectivity index (χ2v) is 7.41. The fourth-order valence-electron chi connectivity index (χ4n) is 4.78. The number of benzene rings is 2. The van der Waals surface area contributed by atoms with Gasteiger partial charge in [-0.1, -0.05) is 24.3 Å². The highest BCUT2D eigenvalue weighted by atomic mass is 16.2. The van der Waals surface area contributed by atoms with E-state index in [0.29, 0.717) is 23.5 Å². The van der Waals surface area contributed by atoms with Gasteiger partial charge in [-0.2, -0.15) is 0 Å². The van der Waals surface area contributed by atoms with Crippen LogP contribution >= 0.6 is 0 Å². The molecule has 1 aliphatic carbocycles. The number of nitrogens with two attached hydrogens (primary N) is 1. The van der Waals surface area contributed by atoms with Crippen molar-refractivity contribution in [2.24, 2.45) is 0 Å². The highest BCUT2D eigenvalue weighted by molar-refractivity contribution is 5.98. The summed E-state index contributed by atoms with van der Waals surface area (Å²) in [6.45, 7) is 0.839. The van der Waals surface area contributed by atoms with Crippen LogP contribution in [0.4, 0.5) is 5.95 Å². The summed E-state index contributed by atoms with van der Waals surface area (Å²) in [5, 5.41) is 0. The Morgan fingerprint density at radius 2 is 2.08 bits per heavy atom. The predicted octanol–water partition coefficient (Wildman–Crippen LogP) is 3.48. The van der Waals surface area contributed by atoms with Crippen molar-refractivity contribution in [3.8, 4) is 0 Å². The zero-order valence-corrected chi connectivity index (χ0v) is 14.6. The number of nitrogen functional groups attached to an aromatic ring is 1. The number of nitrogens with one attached hydrogen (secondary N) is 1. The van der Waals surface area contributed by atoms with Gasteiger partial charge >= 0.3 is 0 Å². The lowest BCUT2D eigenvalue weighted by Crippen LogP contribution is -2.49. The maximum atomic E-state index is 13.3. The largest absolute Gasteiger partial charge is 0.369 e. The van der Waals surface area contributed by atoms with Crippen LogP contribution in [0.3, 0.4) is 0 Å². The van der Waals surface area contributed by atoms with E-state index in [1.165, 1.54) is 17.5 Å². The molecule has 2 atom stereocenters. The zero-order valence-electron chi connectivity index (χ0n) is 14.6. The molecule has 3 N–H and O–H groups in total. The molecule has 0 radical (unpaired) electrons. The number of aromatic amines is 1. The van der Waals surface area contributed by atoms with Crippen molar-refractivity contribution in [2.45, 2.75) is 37.6 Å². The Morgan fingerprint density at radius 1 is 1.19 bits per heavy atom. The quantitative estimate of drug-likeness (QED) is 0.708. The lowest BCUT2D eigenvalue weighted by molar-refractivity contribution is 0.0547. The van der Waals surface area contributed by atoms with Gasteiger partial charge in [-0.15, -0.1) is 0 Å². The molecule has 3 aromatic rings. The number of imidazole rings is 1. The maximum absolute atomic E-state index is 13.3. The minimum atomic E-state index is 0.120. The third-order valence-electron chi connectivity index (χ3n) is 5.95. The molecule has 0 spiro atoms. The number of fused-ring (bicyclic) bond motifs is 4. The van der Waals surface area contributed by atoms with Gasteiger partial charge in [0, 0.05) is 24.1 Å². The number of H-pyrrole nitrogens is 1. The number of anilines is 1. The predicted molar refractivity (Wildman–Crippen MR) is 102 cm³/mol. The topological polar surface area (TPSA) is 75.0 Å². The molecule has 2 unspecified atom stereocenters. The van der Waals surface area contributed by atoms with Crippen LogP contribution in [0.25, 0.3) is 11.0 Å². The average Bonchev–Trinajstić information content (AvgIpc) is 3.06. The molecule has 1 amide bonds. The van der Waals surface area contributed by atoms with E-state index in [1.807, 2.05) is 18.2 Å². The van der Waals surface area contributed by atoms with Crippen molar-refractivity contribution in [1.29, 1.82) is 0 Å². The summed E-state index contributed by atoms with van der Waals surface area (Å²) < 4.78 is 0. The van der Waals surface area contributed by atoms with Gasteiger partial charge in [0.25, 0.3) is 5.91 Å². The first-order valence-corrected chi connectivity index (χ1v) is 9.35. The maximum Gasteiger partial charge on any atom is 0.254 e. The summed E-state index contributed by atoms with van der Waals surface area (Å²) in [4.78, 5) is 22.6. The Morgan fingerprint density at radius 3 is 3.00 bits per heavy atom. The van der Waals surface area contributed by atoms with Crippen molar-refractivity contribution in [3.05, 3.63) is 59.2 Å². The molecule has 132 valence electrons. The first-order valence-electron chi connectivity index (χ1n) is 9.35. The lowest BCUT2D eigenvalue weighted by Gasteiger charge is -2.45. The van der Waals surface area contributed by atoms with Gasteiger partial charge in [0.15, 0.2) is 5.95 Å². The van der Waals surface area contributed by atoms with Crippen molar-refractivity contribution < 1.29 is 4.79 Å². The molecule has 5 heteroatoms. The van der Waals surface area contributed by atoms with Crippen molar-refractivity contribution in [3.63, 3.8) is 0 Å². The van der Waals surface area contributed by atoms with Crippen LogP contribution < -0.4 is 5.73 Å². The van der Waals surface area contributed by atoms with Crippen LogP contribution in [0.15, 0.2) is 42.5 Å². The van der Waals surface area contributed by atoms with Crippen LogP contribution in [0.2, 0.25) is 0 Å². The Kier molecular flexibility index (Phi) is 3.48. The smallest absolute Gasteiger partial charge is 0.254 e. The molecule has 1 aliphatic heterocycles. The third kappa shape index (κ3) is 2.38. The molecular formula is C21H22N4O. The van der Waals surface area contributed by atoms with Gasteiger partial charge in [0.1, 0.15) is 0 Å². The van der Waals surface area contributed by atoms with Crippen molar-refractivity contribution >= 4 is 22.9 Å². The minimum Gasteiger partial charge on any atom is -0.369 e. The number of hydrogen-bond donors (Lipinski definition) is 2. The number of aromatic nitrogens is 2. The number of aryl methyl sites for hydroxylation is 1. The van der Waals surface area contributed by atoms with E-state index in [-0.39, 0.29) is 5.91 Å². The Labute approximate surface area is 152 Å². The average molecular weight is 346 g/mol. The summed E-state index contributed by atoms with van der Waals surface area (Å²) in [6.07, 6.45) is 4.33. The molecule has 1 aromatic heterocycles. The van der Waals surface area contributed by atoms with E-state index in [9.17, 15) is 4.79 Å². The molecule has 0 saturated carbocycles. The van der Waals surface area contributed by atoms with Crippen LogP contribution in [0, 0.1) is 0 Å². The highest BCUT2D eigenvalue weighted by Crippen LogP contribution is 2.41. The number of likely N-dealkylation sites (tertiary alicyclic amines) is 1. The Hall–Kier alpha value is -2.82. The number of hydrogen-bond acceptors (Lipinski definition) is 3.